The number of aromatic nitrogens is 2. The molecule has 118 valence electrons. The number of benzene rings is 1. The maximum absolute atomic E-state index is 12.9. The van der Waals surface area contributed by atoms with Crippen LogP contribution in [0.25, 0.3) is 11.5 Å². The Bertz CT molecular complexity index is 614. The Labute approximate surface area is 134 Å². The van der Waals surface area contributed by atoms with E-state index in [-0.39, 0.29) is 5.82 Å². The molecule has 0 spiro atoms. The van der Waals surface area contributed by atoms with Gasteiger partial charge in [0.2, 0.25) is 11.8 Å². The van der Waals surface area contributed by atoms with E-state index in [1.807, 2.05) is 11.8 Å². The molecule has 1 saturated heterocycles. The number of hydrogen-bond acceptors (Lipinski definition) is 5. The van der Waals surface area contributed by atoms with Crippen molar-refractivity contribution in [1.29, 1.82) is 0 Å². The first kappa shape index (κ1) is 15.5. The first-order valence-electron chi connectivity index (χ1n) is 7.54. The van der Waals surface area contributed by atoms with Gasteiger partial charge in [0.25, 0.3) is 0 Å². The van der Waals surface area contributed by atoms with Crippen LogP contribution in [-0.4, -0.2) is 39.2 Å². The molecule has 0 radical (unpaired) electrons. The summed E-state index contributed by atoms with van der Waals surface area (Å²) in [4.78, 5) is 2.36. The predicted octanol–water partition coefficient (Wildman–Crippen LogP) is 3.45. The number of rotatable bonds is 4. The molecule has 0 saturated carbocycles. The van der Waals surface area contributed by atoms with Gasteiger partial charge in [-0.25, -0.2) is 4.39 Å². The van der Waals surface area contributed by atoms with Crippen LogP contribution in [0, 0.1) is 11.7 Å². The van der Waals surface area contributed by atoms with Gasteiger partial charge >= 0.3 is 0 Å². The van der Waals surface area contributed by atoms with E-state index in [4.69, 9.17) is 4.42 Å². The first-order chi connectivity index (χ1) is 10.6. The van der Waals surface area contributed by atoms with Gasteiger partial charge in [0.15, 0.2) is 0 Å². The van der Waals surface area contributed by atoms with Gasteiger partial charge in [-0.15, -0.1) is 10.2 Å². The van der Waals surface area contributed by atoms with Gasteiger partial charge < -0.3 is 4.42 Å². The molecule has 1 aromatic heterocycles. The Morgan fingerprint density at radius 1 is 1.32 bits per heavy atom. The summed E-state index contributed by atoms with van der Waals surface area (Å²) in [7, 11) is 0. The SMILES string of the molecule is CC(C)C1CN(Cc2nnc(-c3ccc(F)cc3)o2)CCS1. The number of hydrogen-bond donors (Lipinski definition) is 0. The molecular formula is C16H20FN3OS. The Morgan fingerprint density at radius 2 is 2.09 bits per heavy atom. The molecule has 1 atom stereocenters. The highest BCUT2D eigenvalue weighted by Crippen LogP contribution is 2.26. The minimum absolute atomic E-state index is 0.269. The largest absolute Gasteiger partial charge is 0.419 e. The fourth-order valence-corrected chi connectivity index (χ4v) is 3.86. The third-order valence-electron chi connectivity index (χ3n) is 3.84. The molecule has 1 unspecified atom stereocenters. The molecule has 0 bridgehead atoms. The summed E-state index contributed by atoms with van der Waals surface area (Å²) in [6.45, 7) is 7.30. The second-order valence-corrected chi connectivity index (χ2v) is 7.24. The Hall–Kier alpha value is -1.40. The number of thioether (sulfide) groups is 1. The lowest BCUT2D eigenvalue weighted by atomic mass is 10.1. The summed E-state index contributed by atoms with van der Waals surface area (Å²) >= 11 is 2.05. The van der Waals surface area contributed by atoms with Crippen molar-refractivity contribution in [1.82, 2.24) is 15.1 Å². The fraction of sp³-hybridized carbons (Fsp3) is 0.500. The van der Waals surface area contributed by atoms with Crippen molar-refractivity contribution in [2.24, 2.45) is 5.92 Å². The molecule has 4 nitrogen and oxygen atoms in total. The highest BCUT2D eigenvalue weighted by molar-refractivity contribution is 8.00. The van der Waals surface area contributed by atoms with E-state index >= 15 is 0 Å². The second-order valence-electron chi connectivity index (χ2n) is 5.90. The van der Waals surface area contributed by atoms with Crippen molar-refractivity contribution in [3.8, 4) is 11.5 Å². The maximum atomic E-state index is 12.9. The van der Waals surface area contributed by atoms with E-state index in [1.165, 1.54) is 12.1 Å². The van der Waals surface area contributed by atoms with Crippen LogP contribution in [0.5, 0.6) is 0 Å². The van der Waals surface area contributed by atoms with Crippen LogP contribution in [0.4, 0.5) is 4.39 Å². The van der Waals surface area contributed by atoms with Crippen LogP contribution in [-0.2, 0) is 6.54 Å². The lowest BCUT2D eigenvalue weighted by Gasteiger charge is -2.33. The van der Waals surface area contributed by atoms with E-state index in [0.29, 0.717) is 29.5 Å². The third kappa shape index (κ3) is 3.67. The van der Waals surface area contributed by atoms with Crippen molar-refractivity contribution in [2.45, 2.75) is 25.6 Å². The van der Waals surface area contributed by atoms with Crippen molar-refractivity contribution < 1.29 is 8.81 Å². The highest BCUT2D eigenvalue weighted by atomic mass is 32.2. The molecule has 1 aliphatic heterocycles. The molecule has 0 amide bonds. The molecule has 1 aromatic carbocycles. The zero-order valence-corrected chi connectivity index (χ0v) is 13.6. The minimum atomic E-state index is -0.269. The number of halogens is 1. The van der Waals surface area contributed by atoms with Crippen molar-refractivity contribution in [3.05, 3.63) is 36.0 Å². The van der Waals surface area contributed by atoms with Gasteiger partial charge in [0.05, 0.1) is 6.54 Å². The molecule has 2 aromatic rings. The van der Waals surface area contributed by atoms with Gasteiger partial charge in [-0.3, -0.25) is 4.90 Å². The molecule has 2 heterocycles. The fourth-order valence-electron chi connectivity index (χ4n) is 2.50. The molecule has 6 heteroatoms. The van der Waals surface area contributed by atoms with Crippen LogP contribution in [0.3, 0.4) is 0 Å². The molecule has 1 aliphatic rings. The summed E-state index contributed by atoms with van der Waals surface area (Å²) in [5, 5.41) is 8.85. The van der Waals surface area contributed by atoms with Crippen molar-refractivity contribution in [3.63, 3.8) is 0 Å². The monoisotopic (exact) mass is 321 g/mol. The van der Waals surface area contributed by atoms with Crippen molar-refractivity contribution >= 4 is 11.8 Å². The predicted molar refractivity (Wildman–Crippen MR) is 86.1 cm³/mol. The second kappa shape index (κ2) is 6.79. The smallest absolute Gasteiger partial charge is 0.247 e. The van der Waals surface area contributed by atoms with E-state index in [0.717, 1.165) is 24.4 Å². The molecular weight excluding hydrogens is 301 g/mol. The molecule has 1 fully saturated rings. The average molecular weight is 321 g/mol. The minimum Gasteiger partial charge on any atom is -0.419 e. The van der Waals surface area contributed by atoms with Gasteiger partial charge in [0, 0.05) is 29.7 Å². The zero-order chi connectivity index (χ0) is 15.5. The van der Waals surface area contributed by atoms with Crippen LogP contribution in [0.2, 0.25) is 0 Å². The van der Waals surface area contributed by atoms with E-state index < -0.39 is 0 Å². The maximum Gasteiger partial charge on any atom is 0.247 e. The zero-order valence-electron chi connectivity index (χ0n) is 12.8. The quantitative estimate of drug-likeness (QED) is 0.863. The summed E-state index contributed by atoms with van der Waals surface area (Å²) in [5.74, 6) is 2.61. The van der Waals surface area contributed by atoms with E-state index in [1.54, 1.807) is 12.1 Å². The molecule has 22 heavy (non-hydrogen) atoms. The summed E-state index contributed by atoms with van der Waals surface area (Å²) in [6.07, 6.45) is 0. The topological polar surface area (TPSA) is 42.2 Å². The normalized spacial score (nSPS) is 19.7. The van der Waals surface area contributed by atoms with E-state index in [9.17, 15) is 4.39 Å². The van der Waals surface area contributed by atoms with Gasteiger partial charge in [0.1, 0.15) is 5.82 Å². The summed E-state index contributed by atoms with van der Waals surface area (Å²) < 4.78 is 18.7. The van der Waals surface area contributed by atoms with Crippen LogP contribution >= 0.6 is 11.8 Å². The Balaban J connectivity index is 1.65. The molecule has 3 rings (SSSR count). The Kier molecular flexibility index (Phi) is 4.78. The van der Waals surface area contributed by atoms with E-state index in [2.05, 4.69) is 28.9 Å². The first-order valence-corrected chi connectivity index (χ1v) is 8.59. The lowest BCUT2D eigenvalue weighted by molar-refractivity contribution is 0.236. The van der Waals surface area contributed by atoms with Gasteiger partial charge in [-0.2, -0.15) is 11.8 Å². The van der Waals surface area contributed by atoms with Crippen LogP contribution < -0.4 is 0 Å². The summed E-state index contributed by atoms with van der Waals surface area (Å²) in [6, 6.07) is 6.10. The number of nitrogens with zero attached hydrogens (tertiary/aromatic N) is 3. The standard InChI is InChI=1S/C16H20FN3OS/c1-11(2)14-9-20(7-8-22-14)10-15-18-19-16(21-15)12-3-5-13(17)6-4-12/h3-6,11,14H,7-10H2,1-2H3. The van der Waals surface area contributed by atoms with Crippen molar-refractivity contribution in [2.75, 3.05) is 18.8 Å². The summed E-state index contributed by atoms with van der Waals surface area (Å²) in [5.41, 5.74) is 0.745. The van der Waals surface area contributed by atoms with Crippen LogP contribution in [0.1, 0.15) is 19.7 Å². The molecule has 0 aliphatic carbocycles. The average Bonchev–Trinajstić information content (AvgIpc) is 2.96. The lowest BCUT2D eigenvalue weighted by Crippen LogP contribution is -2.39. The third-order valence-corrected chi connectivity index (χ3v) is 5.38. The Morgan fingerprint density at radius 3 is 2.82 bits per heavy atom. The van der Waals surface area contributed by atoms with Crippen LogP contribution in [0.15, 0.2) is 28.7 Å². The van der Waals surface area contributed by atoms with Gasteiger partial charge in [-0.1, -0.05) is 13.8 Å². The molecule has 0 N–H and O–H groups in total. The highest BCUT2D eigenvalue weighted by Gasteiger charge is 2.24. The van der Waals surface area contributed by atoms with Gasteiger partial charge in [-0.05, 0) is 30.2 Å².